The average molecular weight is 455 g/mol. The molecule has 1 saturated carbocycles. The summed E-state index contributed by atoms with van der Waals surface area (Å²) in [7, 11) is 0. The van der Waals surface area contributed by atoms with Crippen molar-refractivity contribution in [3.63, 3.8) is 0 Å². The maximum Gasteiger partial charge on any atom is 0.329 e. The van der Waals surface area contributed by atoms with Gasteiger partial charge in [-0.15, -0.1) is 0 Å². The molecule has 1 aromatic heterocycles. The highest BCUT2D eigenvalue weighted by Crippen LogP contribution is 2.38. The molecule has 4 rings (SSSR count). The molecule has 0 saturated heterocycles. The number of nitrogens with zero attached hydrogens (tertiary/aromatic N) is 2. The standard InChI is InChI=1S/C26H28F2N2O3/c1-17-25(22-12-11-21(27)13-23(22)28)26(20-5-3-2-4-6-20)30(29-17)14-18-7-9-19(10-8-18)15-33-16-24(31)32/h2-6,11-13,18-19H,7-10,14-16H2,1H3,(H,31,32). The SMILES string of the molecule is Cc1nn(CC2CCC(COCC(=O)O)CC2)c(-c2ccccc2)c1-c1ccc(F)cc1F. The van der Waals surface area contributed by atoms with E-state index in [9.17, 15) is 13.6 Å². The number of carbonyl (C=O) groups is 1. The maximum atomic E-state index is 14.7. The number of aryl methyl sites for hydroxylation is 1. The minimum Gasteiger partial charge on any atom is -0.480 e. The van der Waals surface area contributed by atoms with E-state index >= 15 is 0 Å². The molecule has 0 bridgehead atoms. The topological polar surface area (TPSA) is 64.4 Å². The van der Waals surface area contributed by atoms with Gasteiger partial charge in [0, 0.05) is 29.3 Å². The Morgan fingerprint density at radius 1 is 1.09 bits per heavy atom. The summed E-state index contributed by atoms with van der Waals surface area (Å²) in [5.74, 6) is -1.37. The molecule has 174 valence electrons. The summed E-state index contributed by atoms with van der Waals surface area (Å²) in [5.41, 5.74) is 3.51. The second kappa shape index (κ2) is 10.3. The van der Waals surface area contributed by atoms with Crippen LogP contribution in [0.5, 0.6) is 0 Å². The molecule has 1 fully saturated rings. The van der Waals surface area contributed by atoms with E-state index in [-0.39, 0.29) is 6.61 Å². The van der Waals surface area contributed by atoms with Crippen molar-refractivity contribution in [3.05, 3.63) is 65.9 Å². The molecule has 0 radical (unpaired) electrons. The highest BCUT2D eigenvalue weighted by Gasteiger charge is 2.26. The van der Waals surface area contributed by atoms with Gasteiger partial charge in [0.25, 0.3) is 0 Å². The number of ether oxygens (including phenoxy) is 1. The van der Waals surface area contributed by atoms with Crippen LogP contribution in [0.3, 0.4) is 0 Å². The third kappa shape index (κ3) is 5.47. The van der Waals surface area contributed by atoms with Gasteiger partial charge in [0.05, 0.1) is 18.0 Å². The number of halogens is 2. The Hall–Kier alpha value is -3.06. The first-order valence-electron chi connectivity index (χ1n) is 11.3. The molecule has 2 aromatic carbocycles. The van der Waals surface area contributed by atoms with E-state index in [1.54, 1.807) is 0 Å². The number of hydrogen-bond acceptors (Lipinski definition) is 3. The molecule has 1 aliphatic carbocycles. The van der Waals surface area contributed by atoms with Crippen LogP contribution in [0.15, 0.2) is 48.5 Å². The van der Waals surface area contributed by atoms with Crippen LogP contribution >= 0.6 is 0 Å². The van der Waals surface area contributed by atoms with E-state index in [4.69, 9.17) is 14.9 Å². The second-order valence-electron chi connectivity index (χ2n) is 8.78. The second-order valence-corrected chi connectivity index (χ2v) is 8.78. The molecule has 33 heavy (non-hydrogen) atoms. The highest BCUT2D eigenvalue weighted by molar-refractivity contribution is 5.83. The van der Waals surface area contributed by atoms with Gasteiger partial charge in [-0.25, -0.2) is 13.6 Å². The largest absolute Gasteiger partial charge is 0.480 e. The van der Waals surface area contributed by atoms with E-state index in [0.717, 1.165) is 43.0 Å². The number of carboxylic acid groups (broad SMARTS) is 1. The number of hydrogen-bond donors (Lipinski definition) is 1. The Morgan fingerprint density at radius 3 is 2.45 bits per heavy atom. The molecular weight excluding hydrogens is 426 g/mol. The quantitative estimate of drug-likeness (QED) is 0.473. The van der Waals surface area contributed by atoms with Gasteiger partial charge < -0.3 is 9.84 Å². The number of benzene rings is 2. The smallest absolute Gasteiger partial charge is 0.329 e. The summed E-state index contributed by atoms with van der Waals surface area (Å²) < 4.78 is 35.5. The van der Waals surface area contributed by atoms with Crippen molar-refractivity contribution in [2.24, 2.45) is 11.8 Å². The Kier molecular flexibility index (Phi) is 7.18. The van der Waals surface area contributed by atoms with Crippen LogP contribution in [0.4, 0.5) is 8.78 Å². The Bertz CT molecular complexity index is 1110. The van der Waals surface area contributed by atoms with E-state index in [1.807, 2.05) is 41.9 Å². The van der Waals surface area contributed by atoms with Crippen molar-refractivity contribution < 1.29 is 23.4 Å². The zero-order valence-electron chi connectivity index (χ0n) is 18.6. The van der Waals surface area contributed by atoms with E-state index < -0.39 is 17.6 Å². The maximum absolute atomic E-state index is 14.7. The zero-order chi connectivity index (χ0) is 23.4. The summed E-state index contributed by atoms with van der Waals surface area (Å²) in [6, 6.07) is 13.4. The first-order valence-corrected chi connectivity index (χ1v) is 11.3. The summed E-state index contributed by atoms with van der Waals surface area (Å²) in [6.45, 7) is 2.78. The number of aliphatic carboxylic acids is 1. The third-order valence-electron chi connectivity index (χ3n) is 6.35. The van der Waals surface area contributed by atoms with Crippen LogP contribution in [0.1, 0.15) is 31.4 Å². The monoisotopic (exact) mass is 454 g/mol. The Morgan fingerprint density at radius 2 is 1.79 bits per heavy atom. The molecule has 0 spiro atoms. The van der Waals surface area contributed by atoms with E-state index in [0.29, 0.717) is 41.8 Å². The van der Waals surface area contributed by atoms with Crippen LogP contribution in [-0.4, -0.2) is 34.1 Å². The third-order valence-corrected chi connectivity index (χ3v) is 6.35. The lowest BCUT2D eigenvalue weighted by molar-refractivity contribution is -0.142. The minimum atomic E-state index is -0.945. The van der Waals surface area contributed by atoms with Gasteiger partial charge in [-0.1, -0.05) is 30.3 Å². The van der Waals surface area contributed by atoms with Gasteiger partial charge >= 0.3 is 5.97 Å². The van der Waals surface area contributed by atoms with Crippen LogP contribution < -0.4 is 0 Å². The van der Waals surface area contributed by atoms with Crippen molar-refractivity contribution in [1.82, 2.24) is 9.78 Å². The van der Waals surface area contributed by atoms with Crippen LogP contribution in [-0.2, 0) is 16.1 Å². The summed E-state index contributed by atoms with van der Waals surface area (Å²) in [4.78, 5) is 10.6. The normalized spacial score (nSPS) is 18.4. The number of rotatable bonds is 8. The Labute approximate surface area is 192 Å². The van der Waals surface area contributed by atoms with Gasteiger partial charge in [0.2, 0.25) is 0 Å². The summed E-state index contributed by atoms with van der Waals surface area (Å²) in [6.07, 6.45) is 3.94. The van der Waals surface area contributed by atoms with Crippen molar-refractivity contribution in [1.29, 1.82) is 0 Å². The molecule has 1 N–H and O–H groups in total. The predicted octanol–water partition coefficient (Wildman–Crippen LogP) is 5.71. The lowest BCUT2D eigenvalue weighted by atomic mass is 9.82. The van der Waals surface area contributed by atoms with Crippen LogP contribution in [0.2, 0.25) is 0 Å². The van der Waals surface area contributed by atoms with Crippen LogP contribution in [0, 0.1) is 30.4 Å². The zero-order valence-corrected chi connectivity index (χ0v) is 18.6. The number of carboxylic acids is 1. The average Bonchev–Trinajstić information content (AvgIpc) is 3.10. The van der Waals surface area contributed by atoms with Gasteiger partial charge in [0.15, 0.2) is 0 Å². The van der Waals surface area contributed by atoms with Crippen molar-refractivity contribution >= 4 is 5.97 Å². The summed E-state index contributed by atoms with van der Waals surface area (Å²) >= 11 is 0. The molecule has 1 heterocycles. The van der Waals surface area contributed by atoms with Gasteiger partial charge in [0.1, 0.15) is 18.2 Å². The van der Waals surface area contributed by atoms with Gasteiger partial charge in [-0.3, -0.25) is 4.68 Å². The first-order chi connectivity index (χ1) is 15.9. The molecule has 0 atom stereocenters. The fourth-order valence-corrected chi connectivity index (χ4v) is 4.76. The molecule has 0 amide bonds. The summed E-state index contributed by atoms with van der Waals surface area (Å²) in [5, 5.41) is 13.5. The van der Waals surface area contributed by atoms with Crippen molar-refractivity contribution in [2.75, 3.05) is 13.2 Å². The minimum absolute atomic E-state index is 0.254. The first kappa shape index (κ1) is 23.1. The lowest BCUT2D eigenvalue weighted by Crippen LogP contribution is -2.23. The molecule has 7 heteroatoms. The lowest BCUT2D eigenvalue weighted by Gasteiger charge is -2.28. The molecular formula is C26H28F2N2O3. The molecule has 1 aliphatic rings. The fraction of sp³-hybridized carbons (Fsp3) is 0.385. The van der Waals surface area contributed by atoms with Crippen LogP contribution in [0.25, 0.3) is 22.4 Å². The van der Waals surface area contributed by atoms with Gasteiger partial charge in [-0.2, -0.15) is 5.10 Å². The van der Waals surface area contributed by atoms with Gasteiger partial charge in [-0.05, 0) is 56.6 Å². The molecule has 3 aromatic rings. The van der Waals surface area contributed by atoms with E-state index in [1.165, 1.54) is 12.1 Å². The molecule has 0 aliphatic heterocycles. The number of aromatic nitrogens is 2. The van der Waals surface area contributed by atoms with Crippen molar-refractivity contribution in [3.8, 4) is 22.4 Å². The van der Waals surface area contributed by atoms with E-state index in [2.05, 4.69) is 0 Å². The molecule has 0 unspecified atom stereocenters. The fourth-order valence-electron chi connectivity index (χ4n) is 4.76. The Balaban J connectivity index is 1.57. The van der Waals surface area contributed by atoms with Crippen molar-refractivity contribution in [2.45, 2.75) is 39.2 Å². The highest BCUT2D eigenvalue weighted by atomic mass is 19.1. The predicted molar refractivity (Wildman–Crippen MR) is 122 cm³/mol. The molecule has 5 nitrogen and oxygen atoms in total.